The molecule has 0 atom stereocenters. The van der Waals surface area contributed by atoms with E-state index in [9.17, 15) is 20.0 Å². The average Bonchev–Trinajstić information content (AvgIpc) is 2.48. The smallest absolute Gasteiger partial charge is 0.293 e. The number of rotatable bonds is 5. The molecule has 1 fully saturated rings. The number of nitrogens with one attached hydrogen (secondary N) is 1. The highest BCUT2D eigenvalue weighted by atomic mass is 16.6. The molecule has 0 saturated heterocycles. The van der Waals surface area contributed by atoms with E-state index in [1.165, 1.54) is 18.2 Å². The largest absolute Gasteiger partial charge is 0.394 e. The fraction of sp³-hybridized carbons (Fsp3) is 0.500. The summed E-state index contributed by atoms with van der Waals surface area (Å²) in [5.41, 5.74) is -0.000366. The molecule has 108 valence electrons. The topological polar surface area (TPSA) is 92.5 Å². The fourth-order valence-electron chi connectivity index (χ4n) is 2.72. The van der Waals surface area contributed by atoms with Gasteiger partial charge in [-0.1, -0.05) is 19.3 Å². The lowest BCUT2D eigenvalue weighted by Gasteiger charge is -2.37. The monoisotopic (exact) mass is 278 g/mol. The van der Waals surface area contributed by atoms with E-state index >= 15 is 0 Å². The van der Waals surface area contributed by atoms with Gasteiger partial charge < -0.3 is 10.4 Å². The molecule has 1 aliphatic rings. The standard InChI is InChI=1S/C14H18N2O4/c17-9-11-4-5-12(13(8-11)16(19)20)15-14(10-18)6-2-1-3-7-14/h4-5,8-9,15,18H,1-3,6-7,10H2. The van der Waals surface area contributed by atoms with Crippen molar-refractivity contribution in [3.05, 3.63) is 33.9 Å². The van der Waals surface area contributed by atoms with Crippen molar-refractivity contribution in [2.24, 2.45) is 0 Å². The highest BCUT2D eigenvalue weighted by molar-refractivity contribution is 5.79. The summed E-state index contributed by atoms with van der Waals surface area (Å²) in [5.74, 6) is 0. The predicted molar refractivity (Wildman–Crippen MR) is 75.0 cm³/mol. The van der Waals surface area contributed by atoms with E-state index in [1.54, 1.807) is 0 Å². The van der Waals surface area contributed by atoms with Gasteiger partial charge in [0.25, 0.3) is 5.69 Å². The number of carbonyl (C=O) groups excluding carboxylic acids is 1. The molecule has 2 N–H and O–H groups in total. The van der Waals surface area contributed by atoms with E-state index in [-0.39, 0.29) is 17.9 Å². The van der Waals surface area contributed by atoms with E-state index in [1.807, 2.05) is 0 Å². The third-order valence-corrected chi connectivity index (χ3v) is 3.87. The Balaban J connectivity index is 2.31. The van der Waals surface area contributed by atoms with Crippen LogP contribution in [0.4, 0.5) is 11.4 Å². The van der Waals surface area contributed by atoms with Crippen molar-refractivity contribution >= 4 is 17.7 Å². The summed E-state index contributed by atoms with van der Waals surface area (Å²) in [4.78, 5) is 21.3. The second-order valence-electron chi connectivity index (χ2n) is 5.28. The Labute approximate surface area is 117 Å². The van der Waals surface area contributed by atoms with Gasteiger partial charge in [0.1, 0.15) is 12.0 Å². The normalized spacial score (nSPS) is 17.4. The maximum atomic E-state index is 11.1. The quantitative estimate of drug-likeness (QED) is 0.490. The van der Waals surface area contributed by atoms with Gasteiger partial charge in [0, 0.05) is 11.6 Å². The molecule has 20 heavy (non-hydrogen) atoms. The molecule has 1 saturated carbocycles. The zero-order valence-electron chi connectivity index (χ0n) is 11.2. The van der Waals surface area contributed by atoms with Crippen molar-refractivity contribution in [1.82, 2.24) is 0 Å². The molecule has 0 spiro atoms. The van der Waals surface area contributed by atoms with Gasteiger partial charge in [-0.3, -0.25) is 14.9 Å². The van der Waals surface area contributed by atoms with Crippen molar-refractivity contribution in [2.45, 2.75) is 37.6 Å². The van der Waals surface area contributed by atoms with E-state index in [0.717, 1.165) is 32.1 Å². The van der Waals surface area contributed by atoms with Crippen LogP contribution in [0.2, 0.25) is 0 Å². The van der Waals surface area contributed by atoms with Crippen molar-refractivity contribution in [3.63, 3.8) is 0 Å². The number of carbonyl (C=O) groups is 1. The Morgan fingerprint density at radius 1 is 1.35 bits per heavy atom. The molecular weight excluding hydrogens is 260 g/mol. The summed E-state index contributed by atoms with van der Waals surface area (Å²) in [5, 5.41) is 23.9. The maximum absolute atomic E-state index is 11.1. The first-order valence-corrected chi connectivity index (χ1v) is 6.73. The number of aliphatic hydroxyl groups is 1. The van der Waals surface area contributed by atoms with Gasteiger partial charge in [-0.15, -0.1) is 0 Å². The van der Waals surface area contributed by atoms with Crippen LogP contribution in [0.25, 0.3) is 0 Å². The lowest BCUT2D eigenvalue weighted by atomic mass is 9.82. The molecular formula is C14H18N2O4. The molecule has 0 aromatic heterocycles. The molecule has 6 nitrogen and oxygen atoms in total. The number of benzene rings is 1. The van der Waals surface area contributed by atoms with Crippen LogP contribution in [0.1, 0.15) is 42.5 Å². The minimum Gasteiger partial charge on any atom is -0.394 e. The van der Waals surface area contributed by atoms with Gasteiger partial charge in [0.2, 0.25) is 0 Å². The zero-order chi connectivity index (χ0) is 14.6. The van der Waals surface area contributed by atoms with Crippen LogP contribution in [0.15, 0.2) is 18.2 Å². The Morgan fingerprint density at radius 2 is 2.05 bits per heavy atom. The SMILES string of the molecule is O=Cc1ccc(NC2(CO)CCCCC2)c([N+](=O)[O-])c1. The molecule has 0 heterocycles. The van der Waals surface area contributed by atoms with E-state index in [4.69, 9.17) is 0 Å². The van der Waals surface area contributed by atoms with Crippen molar-refractivity contribution < 1.29 is 14.8 Å². The predicted octanol–water partition coefficient (Wildman–Crippen LogP) is 2.51. The van der Waals surface area contributed by atoms with Crippen LogP contribution >= 0.6 is 0 Å². The molecule has 1 aliphatic carbocycles. The van der Waals surface area contributed by atoms with Crippen LogP contribution in [0, 0.1) is 10.1 Å². The van der Waals surface area contributed by atoms with Gasteiger partial charge in [-0.2, -0.15) is 0 Å². The van der Waals surface area contributed by atoms with Gasteiger partial charge >= 0.3 is 0 Å². The van der Waals surface area contributed by atoms with Crippen molar-refractivity contribution in [2.75, 3.05) is 11.9 Å². The van der Waals surface area contributed by atoms with Crippen molar-refractivity contribution in [1.29, 1.82) is 0 Å². The Bertz CT molecular complexity index is 510. The summed E-state index contributed by atoms with van der Waals surface area (Å²) in [7, 11) is 0. The molecule has 2 rings (SSSR count). The van der Waals surface area contributed by atoms with Crippen LogP contribution in [-0.4, -0.2) is 28.5 Å². The lowest BCUT2D eigenvalue weighted by Crippen LogP contribution is -2.44. The summed E-state index contributed by atoms with van der Waals surface area (Å²) in [6.45, 7) is -0.0560. The van der Waals surface area contributed by atoms with E-state index in [2.05, 4.69) is 5.32 Å². The molecule has 6 heteroatoms. The fourth-order valence-corrected chi connectivity index (χ4v) is 2.72. The molecule has 1 aromatic carbocycles. The van der Waals surface area contributed by atoms with E-state index < -0.39 is 10.5 Å². The first kappa shape index (κ1) is 14.5. The highest BCUT2D eigenvalue weighted by Gasteiger charge is 2.33. The van der Waals surface area contributed by atoms with Crippen LogP contribution in [-0.2, 0) is 0 Å². The van der Waals surface area contributed by atoms with Crippen LogP contribution in [0.5, 0.6) is 0 Å². The number of aliphatic hydroxyl groups excluding tert-OH is 1. The minimum atomic E-state index is -0.511. The van der Waals surface area contributed by atoms with Gasteiger partial charge in [0.05, 0.1) is 17.1 Å². The Morgan fingerprint density at radius 3 is 2.60 bits per heavy atom. The van der Waals surface area contributed by atoms with Crippen LogP contribution in [0.3, 0.4) is 0 Å². The molecule has 1 aromatic rings. The van der Waals surface area contributed by atoms with Gasteiger partial charge in [-0.25, -0.2) is 0 Å². The lowest BCUT2D eigenvalue weighted by molar-refractivity contribution is -0.384. The van der Waals surface area contributed by atoms with E-state index in [0.29, 0.717) is 12.0 Å². The summed E-state index contributed by atoms with van der Waals surface area (Å²) < 4.78 is 0. The molecule has 0 unspecified atom stereocenters. The third kappa shape index (κ3) is 2.96. The molecule has 0 amide bonds. The third-order valence-electron chi connectivity index (χ3n) is 3.87. The number of nitrogens with zero attached hydrogens (tertiary/aromatic N) is 1. The summed E-state index contributed by atoms with van der Waals surface area (Å²) in [6.07, 6.45) is 5.27. The second kappa shape index (κ2) is 6.00. The minimum absolute atomic E-state index is 0.0560. The highest BCUT2D eigenvalue weighted by Crippen LogP contribution is 2.35. The number of hydrogen-bond acceptors (Lipinski definition) is 5. The average molecular weight is 278 g/mol. The maximum Gasteiger partial charge on any atom is 0.293 e. The number of nitro groups is 1. The Hall–Kier alpha value is -1.95. The van der Waals surface area contributed by atoms with Crippen molar-refractivity contribution in [3.8, 4) is 0 Å². The van der Waals surface area contributed by atoms with Gasteiger partial charge in [-0.05, 0) is 25.0 Å². The van der Waals surface area contributed by atoms with Crippen LogP contribution < -0.4 is 5.32 Å². The summed E-state index contributed by atoms with van der Waals surface area (Å²) >= 11 is 0. The molecule has 0 bridgehead atoms. The number of anilines is 1. The zero-order valence-corrected chi connectivity index (χ0v) is 11.2. The molecule has 0 radical (unpaired) electrons. The van der Waals surface area contributed by atoms with Gasteiger partial charge in [0.15, 0.2) is 0 Å². The Kier molecular flexibility index (Phi) is 4.34. The summed E-state index contributed by atoms with van der Waals surface area (Å²) in [6, 6.07) is 4.33. The first-order valence-electron chi connectivity index (χ1n) is 6.73. The second-order valence-corrected chi connectivity index (χ2v) is 5.28. The number of hydrogen-bond donors (Lipinski definition) is 2. The molecule has 0 aliphatic heterocycles. The number of nitro benzene ring substituents is 1. The number of aldehydes is 1. The first-order chi connectivity index (χ1) is 9.60.